The highest BCUT2D eigenvalue weighted by molar-refractivity contribution is 6.30. The molecule has 1 aliphatic rings. The van der Waals surface area contributed by atoms with Gasteiger partial charge in [-0.25, -0.2) is 0 Å². The minimum atomic E-state index is -0.161. The zero-order chi connectivity index (χ0) is 19.9. The first-order chi connectivity index (χ1) is 13.5. The number of halogens is 1. The van der Waals surface area contributed by atoms with Gasteiger partial charge < -0.3 is 14.4 Å². The van der Waals surface area contributed by atoms with Gasteiger partial charge in [0, 0.05) is 30.0 Å². The number of ether oxygens (including phenoxy) is 2. The van der Waals surface area contributed by atoms with Gasteiger partial charge in [-0.3, -0.25) is 14.6 Å². The van der Waals surface area contributed by atoms with Crippen LogP contribution < -0.4 is 9.47 Å². The molecule has 0 aliphatic carbocycles. The molecular weight excluding hydrogens is 382 g/mol. The molecule has 0 bridgehead atoms. The van der Waals surface area contributed by atoms with Crippen molar-refractivity contribution in [2.45, 2.75) is 31.8 Å². The van der Waals surface area contributed by atoms with Crippen molar-refractivity contribution >= 4 is 23.3 Å². The number of hydrogen-bond donors (Lipinski definition) is 0. The van der Waals surface area contributed by atoms with Crippen molar-refractivity contribution in [3.63, 3.8) is 0 Å². The van der Waals surface area contributed by atoms with Gasteiger partial charge in [-0.15, -0.1) is 0 Å². The number of ketones is 1. The van der Waals surface area contributed by atoms with E-state index in [9.17, 15) is 9.59 Å². The van der Waals surface area contributed by atoms with Crippen LogP contribution >= 0.6 is 11.6 Å². The third-order valence-electron chi connectivity index (χ3n) is 4.55. The molecule has 28 heavy (non-hydrogen) atoms. The third-order valence-corrected chi connectivity index (χ3v) is 4.80. The monoisotopic (exact) mass is 403 g/mol. The Morgan fingerprint density at radius 1 is 1.18 bits per heavy atom. The Morgan fingerprint density at radius 3 is 2.68 bits per heavy atom. The van der Waals surface area contributed by atoms with E-state index in [1.165, 1.54) is 19.5 Å². The molecule has 1 fully saturated rings. The summed E-state index contributed by atoms with van der Waals surface area (Å²) in [4.78, 5) is 34.7. The molecule has 0 radical (unpaired) electrons. The van der Waals surface area contributed by atoms with Crippen molar-refractivity contribution in [1.82, 2.24) is 14.9 Å². The predicted molar refractivity (Wildman–Crippen MR) is 104 cm³/mol. The minimum absolute atomic E-state index is 0.0488. The largest absolute Gasteiger partial charge is 0.480 e. The van der Waals surface area contributed by atoms with E-state index >= 15 is 0 Å². The molecule has 1 atom stereocenters. The SMILES string of the molecule is COc1cncc(OC2CCCN(C(=O)CCC(=O)c3ccc(Cl)cc3)C2)n1. The van der Waals surface area contributed by atoms with Gasteiger partial charge in [0.05, 0.1) is 26.0 Å². The molecular formula is C20H22ClN3O4. The maximum Gasteiger partial charge on any atom is 0.235 e. The summed E-state index contributed by atoms with van der Waals surface area (Å²) in [6.45, 7) is 1.13. The number of likely N-dealkylation sites (tertiary alicyclic amines) is 1. The lowest BCUT2D eigenvalue weighted by atomic mass is 10.0. The second-order valence-electron chi connectivity index (χ2n) is 6.55. The van der Waals surface area contributed by atoms with Gasteiger partial charge in [-0.1, -0.05) is 11.6 Å². The average Bonchev–Trinajstić information content (AvgIpc) is 2.72. The number of carbonyl (C=O) groups excluding carboxylic acids is 2. The van der Waals surface area contributed by atoms with Crippen LogP contribution in [0.3, 0.4) is 0 Å². The molecule has 8 heteroatoms. The standard InChI is InChI=1S/C20H22ClN3O4/c1-27-18-11-22-12-19(23-18)28-16-3-2-10-24(13-16)20(26)9-8-17(25)14-4-6-15(21)7-5-14/h4-7,11-12,16H,2-3,8-10,13H2,1H3. The van der Waals surface area contributed by atoms with Crippen molar-refractivity contribution in [2.24, 2.45) is 0 Å². The average molecular weight is 404 g/mol. The Kier molecular flexibility index (Phi) is 6.81. The second kappa shape index (κ2) is 9.50. The summed E-state index contributed by atoms with van der Waals surface area (Å²) in [5.74, 6) is 0.632. The van der Waals surface area contributed by atoms with Crippen molar-refractivity contribution in [3.05, 3.63) is 47.2 Å². The van der Waals surface area contributed by atoms with Crippen LogP contribution in [0.5, 0.6) is 11.8 Å². The van der Waals surface area contributed by atoms with Crippen LogP contribution in [0.4, 0.5) is 0 Å². The summed E-state index contributed by atoms with van der Waals surface area (Å²) in [6, 6.07) is 6.69. The summed E-state index contributed by atoms with van der Waals surface area (Å²) >= 11 is 5.83. The van der Waals surface area contributed by atoms with Crippen LogP contribution in [0.15, 0.2) is 36.7 Å². The van der Waals surface area contributed by atoms with Gasteiger partial charge in [-0.05, 0) is 37.1 Å². The fourth-order valence-corrected chi connectivity index (χ4v) is 3.20. The first-order valence-corrected chi connectivity index (χ1v) is 9.52. The van der Waals surface area contributed by atoms with Gasteiger partial charge in [0.25, 0.3) is 0 Å². The van der Waals surface area contributed by atoms with E-state index in [1.54, 1.807) is 29.2 Å². The Bertz CT molecular complexity index is 828. The number of aromatic nitrogens is 2. The molecule has 1 amide bonds. The first-order valence-electron chi connectivity index (χ1n) is 9.14. The minimum Gasteiger partial charge on any atom is -0.480 e. The summed E-state index contributed by atoms with van der Waals surface area (Å²) in [5.41, 5.74) is 0.564. The molecule has 7 nitrogen and oxygen atoms in total. The van der Waals surface area contributed by atoms with E-state index in [1.807, 2.05) is 0 Å². The molecule has 0 saturated carbocycles. The van der Waals surface area contributed by atoms with Crippen molar-refractivity contribution in [1.29, 1.82) is 0 Å². The zero-order valence-corrected chi connectivity index (χ0v) is 16.4. The number of benzene rings is 1. The molecule has 0 N–H and O–H groups in total. The summed E-state index contributed by atoms with van der Waals surface area (Å²) in [5, 5.41) is 0.577. The van der Waals surface area contributed by atoms with Crippen LogP contribution in [0, 0.1) is 0 Å². The lowest BCUT2D eigenvalue weighted by Gasteiger charge is -2.32. The highest BCUT2D eigenvalue weighted by atomic mass is 35.5. The Balaban J connectivity index is 1.51. The number of piperidine rings is 1. The summed E-state index contributed by atoms with van der Waals surface area (Å²) in [6.07, 6.45) is 4.86. The molecule has 1 saturated heterocycles. The van der Waals surface area contributed by atoms with Crippen LogP contribution in [-0.4, -0.2) is 52.9 Å². The lowest BCUT2D eigenvalue weighted by Crippen LogP contribution is -2.44. The summed E-state index contributed by atoms with van der Waals surface area (Å²) in [7, 11) is 1.51. The maximum absolute atomic E-state index is 12.5. The van der Waals surface area contributed by atoms with Crippen molar-refractivity contribution < 1.29 is 19.1 Å². The molecule has 1 unspecified atom stereocenters. The van der Waals surface area contributed by atoms with Crippen molar-refractivity contribution in [2.75, 3.05) is 20.2 Å². The Hall–Kier alpha value is -2.67. The number of nitrogens with zero attached hydrogens (tertiary/aromatic N) is 3. The fourth-order valence-electron chi connectivity index (χ4n) is 3.08. The Labute approximate surface area is 168 Å². The third kappa shape index (κ3) is 5.42. The van der Waals surface area contributed by atoms with Gasteiger partial charge >= 0.3 is 0 Å². The topological polar surface area (TPSA) is 81.6 Å². The van der Waals surface area contributed by atoms with E-state index < -0.39 is 0 Å². The molecule has 0 spiro atoms. The fraction of sp³-hybridized carbons (Fsp3) is 0.400. The predicted octanol–water partition coefficient (Wildman–Crippen LogP) is 3.17. The van der Waals surface area contributed by atoms with Gasteiger partial charge in [0.2, 0.25) is 17.7 Å². The van der Waals surface area contributed by atoms with Crippen LogP contribution in [0.25, 0.3) is 0 Å². The number of methoxy groups -OCH3 is 1. The van der Waals surface area contributed by atoms with Gasteiger partial charge in [0.15, 0.2) is 5.78 Å². The zero-order valence-electron chi connectivity index (χ0n) is 15.6. The molecule has 148 valence electrons. The van der Waals surface area contributed by atoms with Crippen LogP contribution in [-0.2, 0) is 4.79 Å². The van der Waals surface area contributed by atoms with Gasteiger partial charge in [-0.2, -0.15) is 4.98 Å². The van der Waals surface area contributed by atoms with E-state index in [0.29, 0.717) is 35.4 Å². The highest BCUT2D eigenvalue weighted by Gasteiger charge is 2.25. The molecule has 1 aromatic carbocycles. The number of Topliss-reactive ketones (excluding diaryl/α,β-unsaturated/α-hetero) is 1. The second-order valence-corrected chi connectivity index (χ2v) is 6.99. The number of amides is 1. The smallest absolute Gasteiger partial charge is 0.235 e. The number of rotatable bonds is 7. The van der Waals surface area contributed by atoms with E-state index in [-0.39, 0.29) is 30.6 Å². The summed E-state index contributed by atoms with van der Waals surface area (Å²) < 4.78 is 10.9. The molecule has 1 aliphatic heterocycles. The van der Waals surface area contributed by atoms with Crippen LogP contribution in [0.2, 0.25) is 5.02 Å². The first kappa shape index (κ1) is 20.1. The highest BCUT2D eigenvalue weighted by Crippen LogP contribution is 2.19. The van der Waals surface area contributed by atoms with E-state index in [0.717, 1.165) is 12.8 Å². The molecule has 2 heterocycles. The van der Waals surface area contributed by atoms with E-state index in [2.05, 4.69) is 9.97 Å². The number of hydrogen-bond acceptors (Lipinski definition) is 6. The normalized spacial score (nSPS) is 16.5. The molecule has 3 rings (SSSR count). The Morgan fingerprint density at radius 2 is 1.93 bits per heavy atom. The maximum atomic E-state index is 12.5. The molecule has 1 aromatic heterocycles. The van der Waals surface area contributed by atoms with Crippen molar-refractivity contribution in [3.8, 4) is 11.8 Å². The van der Waals surface area contributed by atoms with Gasteiger partial charge in [0.1, 0.15) is 6.10 Å². The number of carbonyl (C=O) groups is 2. The van der Waals surface area contributed by atoms with E-state index in [4.69, 9.17) is 21.1 Å². The quantitative estimate of drug-likeness (QED) is 0.660. The lowest BCUT2D eigenvalue weighted by molar-refractivity contribution is -0.133. The van der Waals surface area contributed by atoms with Crippen LogP contribution in [0.1, 0.15) is 36.0 Å². The molecule has 2 aromatic rings.